The molecule has 0 radical (unpaired) electrons. The number of ether oxygens (including phenoxy) is 1. The normalized spacial score (nSPS) is 12.1. The van der Waals surface area contributed by atoms with Crippen LogP contribution in [-0.2, 0) is 19.1 Å². The summed E-state index contributed by atoms with van der Waals surface area (Å²) in [7, 11) is 1.60. The first-order chi connectivity index (χ1) is 12.4. The fourth-order valence-electron chi connectivity index (χ4n) is 2.22. The molecule has 26 heavy (non-hydrogen) atoms. The lowest BCUT2D eigenvalue weighted by molar-refractivity contribution is -0.140. The predicted molar refractivity (Wildman–Crippen MR) is 96.6 cm³/mol. The monoisotopic (exact) mass is 386 g/mol. The van der Waals surface area contributed by atoms with Gasteiger partial charge in [0.05, 0.1) is 13.2 Å². The van der Waals surface area contributed by atoms with E-state index in [9.17, 15) is 13.2 Å². The van der Waals surface area contributed by atoms with Crippen molar-refractivity contribution in [2.24, 2.45) is 4.99 Å². The molecule has 0 saturated heterocycles. The Hall–Kier alpha value is -2.29. The standard InChI is InChI=1S/C17H21F3N4OS/c1-3-25-13-7-5-4-6-12(13)8-9-22-16(21-2)23-10-15-24-14(11-26-15)17(18,19)20/h4-7,11H,3,8-10H2,1-2H3,(H2,21,22,23). The van der Waals surface area contributed by atoms with Crippen molar-refractivity contribution in [3.05, 3.63) is 45.9 Å². The average Bonchev–Trinajstić information content (AvgIpc) is 3.09. The van der Waals surface area contributed by atoms with E-state index in [0.717, 1.165) is 34.5 Å². The molecule has 142 valence electrons. The van der Waals surface area contributed by atoms with Crippen molar-refractivity contribution in [3.63, 3.8) is 0 Å². The van der Waals surface area contributed by atoms with Crippen LogP contribution in [-0.4, -0.2) is 31.1 Å². The Morgan fingerprint density at radius 1 is 1.27 bits per heavy atom. The highest BCUT2D eigenvalue weighted by Gasteiger charge is 2.33. The fraction of sp³-hybridized carbons (Fsp3) is 0.412. The Balaban J connectivity index is 1.82. The zero-order valence-corrected chi connectivity index (χ0v) is 15.4. The molecule has 0 aliphatic heterocycles. The van der Waals surface area contributed by atoms with Gasteiger partial charge in [0.15, 0.2) is 11.7 Å². The van der Waals surface area contributed by atoms with Gasteiger partial charge in [0.2, 0.25) is 0 Å². The summed E-state index contributed by atoms with van der Waals surface area (Å²) in [6, 6.07) is 7.79. The number of para-hydroxylation sites is 1. The number of nitrogens with one attached hydrogen (secondary N) is 2. The molecule has 0 amide bonds. The lowest BCUT2D eigenvalue weighted by Crippen LogP contribution is -2.37. The van der Waals surface area contributed by atoms with Crippen molar-refractivity contribution in [2.45, 2.75) is 26.1 Å². The third-order valence-electron chi connectivity index (χ3n) is 3.43. The number of hydrogen-bond donors (Lipinski definition) is 2. The van der Waals surface area contributed by atoms with E-state index in [1.807, 2.05) is 31.2 Å². The summed E-state index contributed by atoms with van der Waals surface area (Å²) >= 11 is 0.964. The molecule has 0 spiro atoms. The molecule has 0 aliphatic carbocycles. The maximum Gasteiger partial charge on any atom is 0.434 e. The SMILES string of the molecule is CCOc1ccccc1CCNC(=NC)NCc1nc(C(F)(F)F)cs1. The highest BCUT2D eigenvalue weighted by molar-refractivity contribution is 7.09. The zero-order chi connectivity index (χ0) is 19.0. The van der Waals surface area contributed by atoms with Gasteiger partial charge in [-0.05, 0) is 25.0 Å². The second-order valence-electron chi connectivity index (χ2n) is 5.27. The highest BCUT2D eigenvalue weighted by Crippen LogP contribution is 2.29. The second kappa shape index (κ2) is 9.42. The summed E-state index contributed by atoms with van der Waals surface area (Å²) in [5, 5.41) is 7.46. The van der Waals surface area contributed by atoms with E-state index in [1.54, 1.807) is 7.05 Å². The summed E-state index contributed by atoms with van der Waals surface area (Å²) in [6.07, 6.45) is -3.69. The van der Waals surface area contributed by atoms with E-state index < -0.39 is 11.9 Å². The third kappa shape index (κ3) is 5.91. The summed E-state index contributed by atoms with van der Waals surface area (Å²) in [6.45, 7) is 3.32. The molecular formula is C17H21F3N4OS. The van der Waals surface area contributed by atoms with Gasteiger partial charge in [0.25, 0.3) is 0 Å². The lowest BCUT2D eigenvalue weighted by atomic mass is 10.1. The summed E-state index contributed by atoms with van der Waals surface area (Å²) in [5.74, 6) is 1.35. The molecule has 0 fully saturated rings. The maximum absolute atomic E-state index is 12.6. The van der Waals surface area contributed by atoms with Crippen LogP contribution in [0, 0.1) is 0 Å². The smallest absolute Gasteiger partial charge is 0.434 e. The van der Waals surface area contributed by atoms with Crippen LogP contribution in [0.15, 0.2) is 34.6 Å². The first-order valence-electron chi connectivity index (χ1n) is 8.10. The fourth-order valence-corrected chi connectivity index (χ4v) is 2.97. The molecule has 0 bridgehead atoms. The Morgan fingerprint density at radius 2 is 2.04 bits per heavy atom. The molecule has 2 N–H and O–H groups in total. The predicted octanol–water partition coefficient (Wildman–Crippen LogP) is 3.47. The van der Waals surface area contributed by atoms with Crippen molar-refractivity contribution in [2.75, 3.05) is 20.2 Å². The van der Waals surface area contributed by atoms with Gasteiger partial charge in [-0.15, -0.1) is 11.3 Å². The third-order valence-corrected chi connectivity index (χ3v) is 4.28. The number of hydrogen-bond acceptors (Lipinski definition) is 4. The van der Waals surface area contributed by atoms with E-state index in [-0.39, 0.29) is 6.54 Å². The van der Waals surface area contributed by atoms with Crippen LogP contribution in [0.5, 0.6) is 5.75 Å². The van der Waals surface area contributed by atoms with Crippen LogP contribution < -0.4 is 15.4 Å². The summed E-state index contributed by atoms with van der Waals surface area (Å²) in [4.78, 5) is 7.65. The van der Waals surface area contributed by atoms with E-state index in [0.29, 0.717) is 24.1 Å². The molecule has 0 aliphatic rings. The van der Waals surface area contributed by atoms with E-state index in [1.165, 1.54) is 0 Å². The van der Waals surface area contributed by atoms with Gasteiger partial charge in [0.1, 0.15) is 10.8 Å². The first-order valence-corrected chi connectivity index (χ1v) is 8.98. The largest absolute Gasteiger partial charge is 0.494 e. The quantitative estimate of drug-likeness (QED) is 0.565. The van der Waals surface area contributed by atoms with Gasteiger partial charge in [-0.2, -0.15) is 13.2 Å². The van der Waals surface area contributed by atoms with Gasteiger partial charge in [0, 0.05) is 19.0 Å². The minimum atomic E-state index is -4.41. The highest BCUT2D eigenvalue weighted by atomic mass is 32.1. The average molecular weight is 386 g/mol. The Kier molecular flexibility index (Phi) is 7.26. The van der Waals surface area contributed by atoms with Gasteiger partial charge in [-0.3, -0.25) is 4.99 Å². The molecule has 2 aromatic rings. The number of aromatic nitrogens is 1. The minimum absolute atomic E-state index is 0.177. The molecule has 1 heterocycles. The number of benzene rings is 1. The number of halogens is 3. The van der Waals surface area contributed by atoms with Crippen LogP contribution in [0.25, 0.3) is 0 Å². The van der Waals surface area contributed by atoms with E-state index in [2.05, 4.69) is 20.6 Å². The summed E-state index contributed by atoms with van der Waals surface area (Å²) in [5.41, 5.74) is 0.210. The maximum atomic E-state index is 12.6. The zero-order valence-electron chi connectivity index (χ0n) is 14.6. The molecule has 9 heteroatoms. The topological polar surface area (TPSA) is 58.5 Å². The molecule has 0 atom stereocenters. The Labute approximate surface area is 154 Å². The summed E-state index contributed by atoms with van der Waals surface area (Å²) < 4.78 is 43.3. The number of alkyl halides is 3. The lowest BCUT2D eigenvalue weighted by Gasteiger charge is -2.13. The van der Waals surface area contributed by atoms with Crippen molar-refractivity contribution in [3.8, 4) is 5.75 Å². The minimum Gasteiger partial charge on any atom is -0.494 e. The molecule has 0 unspecified atom stereocenters. The van der Waals surface area contributed by atoms with Crippen LogP contribution in [0.1, 0.15) is 23.2 Å². The molecule has 1 aromatic carbocycles. The van der Waals surface area contributed by atoms with Gasteiger partial charge in [-0.1, -0.05) is 18.2 Å². The number of nitrogens with zero attached hydrogens (tertiary/aromatic N) is 2. The molecule has 2 rings (SSSR count). The van der Waals surface area contributed by atoms with Crippen molar-refractivity contribution >= 4 is 17.3 Å². The van der Waals surface area contributed by atoms with Gasteiger partial charge in [-0.25, -0.2) is 4.98 Å². The van der Waals surface area contributed by atoms with Crippen molar-refractivity contribution < 1.29 is 17.9 Å². The van der Waals surface area contributed by atoms with Crippen LogP contribution in [0.3, 0.4) is 0 Å². The van der Waals surface area contributed by atoms with Crippen LogP contribution in [0.2, 0.25) is 0 Å². The Bertz CT molecular complexity index is 731. The number of thiazole rings is 1. The van der Waals surface area contributed by atoms with Crippen LogP contribution >= 0.6 is 11.3 Å². The van der Waals surface area contributed by atoms with Gasteiger partial charge >= 0.3 is 6.18 Å². The molecule has 0 saturated carbocycles. The first kappa shape index (κ1) is 20.0. The van der Waals surface area contributed by atoms with Crippen molar-refractivity contribution in [1.29, 1.82) is 0 Å². The molecule has 5 nitrogen and oxygen atoms in total. The van der Waals surface area contributed by atoms with Gasteiger partial charge < -0.3 is 15.4 Å². The number of aliphatic imine (C=N–C) groups is 1. The number of rotatable bonds is 7. The molecule has 1 aromatic heterocycles. The number of guanidine groups is 1. The Morgan fingerprint density at radius 3 is 2.69 bits per heavy atom. The van der Waals surface area contributed by atoms with Crippen molar-refractivity contribution in [1.82, 2.24) is 15.6 Å². The molecular weight excluding hydrogens is 365 g/mol. The second-order valence-corrected chi connectivity index (χ2v) is 6.21. The van der Waals surface area contributed by atoms with E-state index in [4.69, 9.17) is 4.74 Å². The van der Waals surface area contributed by atoms with E-state index >= 15 is 0 Å². The van der Waals surface area contributed by atoms with Crippen LogP contribution in [0.4, 0.5) is 13.2 Å².